The Morgan fingerprint density at radius 3 is 2.67 bits per heavy atom. The zero-order valence-corrected chi connectivity index (χ0v) is 20.2. The maximum atomic E-state index is 13.0. The topological polar surface area (TPSA) is 86.4 Å². The predicted molar refractivity (Wildman–Crippen MR) is 127 cm³/mol. The van der Waals surface area contributed by atoms with Crippen LogP contribution in [0.1, 0.15) is 68.0 Å². The number of thioether (sulfide) groups is 1. The van der Waals surface area contributed by atoms with E-state index in [1.54, 1.807) is 18.4 Å². The van der Waals surface area contributed by atoms with E-state index in [4.69, 9.17) is 9.40 Å². The Bertz CT molecular complexity index is 1090. The average molecular weight is 476 g/mol. The molecule has 0 fully saturated rings. The Morgan fingerprint density at radius 2 is 2.06 bits per heavy atom. The molecule has 7 nitrogen and oxygen atoms in total. The SMILES string of the molecule is CCC(CC)n1c(Cc2ccco2)nc2cc(C(=O)NC(C)(CCSC)C(=O)OF)ccc21. The van der Waals surface area contributed by atoms with Crippen LogP contribution in [0.4, 0.5) is 4.53 Å². The lowest BCUT2D eigenvalue weighted by Crippen LogP contribution is -2.52. The maximum Gasteiger partial charge on any atom is 0.373 e. The van der Waals surface area contributed by atoms with Crippen molar-refractivity contribution in [2.75, 3.05) is 12.0 Å². The van der Waals surface area contributed by atoms with Crippen LogP contribution in [0.3, 0.4) is 0 Å². The molecule has 2 aromatic heterocycles. The Morgan fingerprint density at radius 1 is 1.30 bits per heavy atom. The number of nitrogens with one attached hydrogen (secondary N) is 1. The second-order valence-electron chi connectivity index (χ2n) is 8.22. The van der Waals surface area contributed by atoms with Crippen molar-refractivity contribution in [3.05, 3.63) is 53.7 Å². The summed E-state index contributed by atoms with van der Waals surface area (Å²) in [6.07, 6.45) is 6.16. The van der Waals surface area contributed by atoms with Gasteiger partial charge in [-0.05, 0) is 68.5 Å². The molecule has 1 aromatic carbocycles. The second-order valence-corrected chi connectivity index (χ2v) is 9.21. The summed E-state index contributed by atoms with van der Waals surface area (Å²) in [7, 11) is 0. The van der Waals surface area contributed by atoms with Crippen molar-refractivity contribution in [3.63, 3.8) is 0 Å². The van der Waals surface area contributed by atoms with E-state index >= 15 is 0 Å². The number of amides is 1. The molecule has 0 saturated heterocycles. The van der Waals surface area contributed by atoms with E-state index in [1.165, 1.54) is 18.7 Å². The average Bonchev–Trinajstić information content (AvgIpc) is 3.45. The first kappa shape index (κ1) is 24.8. The van der Waals surface area contributed by atoms with E-state index in [2.05, 4.69) is 28.7 Å². The van der Waals surface area contributed by atoms with Gasteiger partial charge in [-0.1, -0.05) is 13.8 Å². The van der Waals surface area contributed by atoms with Gasteiger partial charge >= 0.3 is 5.97 Å². The van der Waals surface area contributed by atoms with Crippen LogP contribution in [0.15, 0.2) is 41.0 Å². The highest BCUT2D eigenvalue weighted by Gasteiger charge is 2.37. The van der Waals surface area contributed by atoms with Crippen LogP contribution in [-0.4, -0.2) is 39.0 Å². The number of hydrogen-bond donors (Lipinski definition) is 1. The molecule has 0 spiro atoms. The number of furan rings is 1. The highest BCUT2D eigenvalue weighted by Crippen LogP contribution is 2.28. The number of imidazole rings is 1. The molecule has 0 aliphatic carbocycles. The largest absolute Gasteiger partial charge is 0.469 e. The van der Waals surface area contributed by atoms with Gasteiger partial charge in [0.05, 0.1) is 23.7 Å². The number of carbonyl (C=O) groups excluding carboxylic acids is 2. The lowest BCUT2D eigenvalue weighted by molar-refractivity contribution is -0.191. The van der Waals surface area contributed by atoms with Crippen molar-refractivity contribution in [2.45, 2.75) is 58.0 Å². The highest BCUT2D eigenvalue weighted by atomic mass is 32.2. The molecule has 1 unspecified atom stereocenters. The van der Waals surface area contributed by atoms with Gasteiger partial charge in [0.1, 0.15) is 17.1 Å². The first-order valence-corrected chi connectivity index (χ1v) is 12.4. The number of fused-ring (bicyclic) bond motifs is 1. The van der Waals surface area contributed by atoms with Crippen molar-refractivity contribution in [1.29, 1.82) is 0 Å². The molecule has 1 N–H and O–H groups in total. The molecule has 0 aliphatic heterocycles. The molecule has 1 amide bonds. The van der Waals surface area contributed by atoms with E-state index in [0.717, 1.165) is 29.9 Å². The molecule has 9 heteroatoms. The lowest BCUT2D eigenvalue weighted by Gasteiger charge is -2.26. The van der Waals surface area contributed by atoms with E-state index in [0.29, 0.717) is 23.3 Å². The zero-order chi connectivity index (χ0) is 24.0. The van der Waals surface area contributed by atoms with Gasteiger partial charge in [-0.3, -0.25) is 9.74 Å². The van der Waals surface area contributed by atoms with Gasteiger partial charge in [0.2, 0.25) is 0 Å². The van der Waals surface area contributed by atoms with Crippen LogP contribution in [0, 0.1) is 0 Å². The monoisotopic (exact) mass is 475 g/mol. The first-order valence-electron chi connectivity index (χ1n) is 11.0. The van der Waals surface area contributed by atoms with Crippen molar-refractivity contribution in [3.8, 4) is 0 Å². The summed E-state index contributed by atoms with van der Waals surface area (Å²) in [5.74, 6) is 0.614. The minimum Gasteiger partial charge on any atom is -0.469 e. The highest BCUT2D eigenvalue weighted by molar-refractivity contribution is 7.98. The molecule has 178 valence electrons. The summed E-state index contributed by atoms with van der Waals surface area (Å²) in [6.45, 7) is 5.74. The number of benzene rings is 1. The number of rotatable bonds is 11. The molecule has 1 atom stereocenters. The van der Waals surface area contributed by atoms with Gasteiger partial charge in [-0.15, -0.1) is 0 Å². The van der Waals surface area contributed by atoms with Gasteiger partial charge in [0, 0.05) is 16.1 Å². The Hall–Kier alpha value is -2.81. The predicted octanol–water partition coefficient (Wildman–Crippen LogP) is 5.25. The fourth-order valence-electron chi connectivity index (χ4n) is 3.97. The van der Waals surface area contributed by atoms with E-state index < -0.39 is 17.4 Å². The summed E-state index contributed by atoms with van der Waals surface area (Å²) in [6, 6.07) is 9.28. The number of hydrogen-bond acceptors (Lipinski definition) is 6. The summed E-state index contributed by atoms with van der Waals surface area (Å²) in [5, 5.41) is 2.65. The third kappa shape index (κ3) is 5.40. The normalized spacial score (nSPS) is 13.3. The molecule has 0 bridgehead atoms. The Balaban J connectivity index is 1.97. The summed E-state index contributed by atoms with van der Waals surface area (Å²) < 4.78 is 20.4. The van der Waals surface area contributed by atoms with Gasteiger partial charge in [-0.25, -0.2) is 9.78 Å². The minimum atomic E-state index is -1.47. The van der Waals surface area contributed by atoms with E-state index in [1.807, 2.05) is 24.5 Å². The van der Waals surface area contributed by atoms with Crippen LogP contribution < -0.4 is 5.32 Å². The molecule has 0 saturated carbocycles. The van der Waals surface area contributed by atoms with Crippen molar-refractivity contribution >= 4 is 34.7 Å². The molecule has 3 aromatic rings. The van der Waals surface area contributed by atoms with Crippen LogP contribution in [0.2, 0.25) is 0 Å². The molecule has 2 heterocycles. The smallest absolute Gasteiger partial charge is 0.373 e. The molecular formula is C24H30FN3O4S. The lowest BCUT2D eigenvalue weighted by atomic mass is 9.98. The number of halogens is 1. The quantitative estimate of drug-likeness (QED) is 0.408. The molecular weight excluding hydrogens is 445 g/mol. The third-order valence-electron chi connectivity index (χ3n) is 5.96. The first-order chi connectivity index (χ1) is 15.9. The Kier molecular flexibility index (Phi) is 8.18. The van der Waals surface area contributed by atoms with Crippen molar-refractivity contribution < 1.29 is 23.5 Å². The van der Waals surface area contributed by atoms with Crippen molar-refractivity contribution in [2.24, 2.45) is 0 Å². The number of aromatic nitrogens is 2. The Labute approximate surface area is 197 Å². The van der Waals surface area contributed by atoms with Crippen LogP contribution in [0.25, 0.3) is 11.0 Å². The fraction of sp³-hybridized carbons (Fsp3) is 0.458. The zero-order valence-electron chi connectivity index (χ0n) is 19.4. The molecule has 0 radical (unpaired) electrons. The van der Waals surface area contributed by atoms with Crippen LogP contribution in [-0.2, 0) is 16.2 Å². The number of nitrogens with zero attached hydrogens (tertiary/aromatic N) is 2. The van der Waals surface area contributed by atoms with Crippen LogP contribution in [0.5, 0.6) is 0 Å². The molecule has 33 heavy (non-hydrogen) atoms. The van der Waals surface area contributed by atoms with Crippen molar-refractivity contribution in [1.82, 2.24) is 14.9 Å². The van der Waals surface area contributed by atoms with Crippen LogP contribution >= 0.6 is 11.8 Å². The third-order valence-corrected chi connectivity index (χ3v) is 6.57. The van der Waals surface area contributed by atoms with E-state index in [-0.39, 0.29) is 12.5 Å². The van der Waals surface area contributed by atoms with Gasteiger partial charge < -0.3 is 14.3 Å². The van der Waals surface area contributed by atoms with Gasteiger partial charge in [-0.2, -0.15) is 11.8 Å². The summed E-state index contributed by atoms with van der Waals surface area (Å²) >= 11 is 1.49. The fourth-order valence-corrected chi connectivity index (χ4v) is 4.59. The minimum absolute atomic E-state index is 0.238. The molecule has 0 aliphatic rings. The summed E-state index contributed by atoms with van der Waals surface area (Å²) in [5.41, 5.74) is 0.469. The maximum absolute atomic E-state index is 13.0. The van der Waals surface area contributed by atoms with E-state index in [9.17, 15) is 14.1 Å². The van der Waals surface area contributed by atoms with Gasteiger partial charge in [0.25, 0.3) is 5.91 Å². The van der Waals surface area contributed by atoms with Gasteiger partial charge in [0.15, 0.2) is 0 Å². The number of carbonyl (C=O) groups is 2. The standard InChI is InChI=1S/C24H30FN3O4S/c1-5-17(6-2)28-20-10-9-16(14-19(20)26-21(28)15-18-8-7-12-31-18)22(29)27-24(3,11-13-33-4)23(30)32-25/h7-10,12,14,17H,5-6,11,13,15H2,1-4H3,(H,27,29). The second kappa shape index (κ2) is 10.9. The molecule has 3 rings (SSSR count). The summed E-state index contributed by atoms with van der Waals surface area (Å²) in [4.78, 5) is 33.3.